The third-order valence-electron chi connectivity index (χ3n) is 4.20. The van der Waals surface area contributed by atoms with Crippen molar-refractivity contribution in [3.05, 3.63) is 35.9 Å². The number of fused-ring (bicyclic) bond motifs is 2. The summed E-state index contributed by atoms with van der Waals surface area (Å²) >= 11 is 0. The topological polar surface area (TPSA) is 12.0 Å². The smallest absolute Gasteiger partial charge is 0.0582 e. The third-order valence-corrected chi connectivity index (χ3v) is 4.20. The van der Waals surface area contributed by atoms with Crippen LogP contribution < -0.4 is 5.32 Å². The Bertz CT molecular complexity index is 426. The van der Waals surface area contributed by atoms with Crippen LogP contribution in [-0.4, -0.2) is 12.6 Å². The average molecular weight is 225 g/mol. The van der Waals surface area contributed by atoms with Gasteiger partial charge in [-0.15, -0.1) is 0 Å². The summed E-state index contributed by atoms with van der Waals surface area (Å²) < 4.78 is 0. The molecule has 3 rings (SSSR count). The van der Waals surface area contributed by atoms with E-state index in [1.165, 1.54) is 25.7 Å². The van der Waals surface area contributed by atoms with Gasteiger partial charge >= 0.3 is 0 Å². The van der Waals surface area contributed by atoms with Crippen molar-refractivity contribution < 1.29 is 0 Å². The molecule has 1 aromatic carbocycles. The molecular formula is C16H19N. The van der Waals surface area contributed by atoms with Gasteiger partial charge in [-0.25, -0.2) is 0 Å². The number of nitrogens with one attached hydrogen (secondary N) is 1. The van der Waals surface area contributed by atoms with E-state index in [0.29, 0.717) is 0 Å². The van der Waals surface area contributed by atoms with Crippen LogP contribution in [0.4, 0.5) is 0 Å². The second-order valence-corrected chi connectivity index (χ2v) is 5.33. The molecule has 0 saturated heterocycles. The summed E-state index contributed by atoms with van der Waals surface area (Å²) in [6.45, 7) is 0.836. The van der Waals surface area contributed by atoms with Gasteiger partial charge in [-0.2, -0.15) is 0 Å². The molecule has 2 saturated carbocycles. The highest BCUT2D eigenvalue weighted by atomic mass is 14.9. The lowest BCUT2D eigenvalue weighted by atomic mass is 9.95. The van der Waals surface area contributed by atoms with Gasteiger partial charge in [-0.05, 0) is 43.2 Å². The van der Waals surface area contributed by atoms with E-state index in [9.17, 15) is 0 Å². The van der Waals surface area contributed by atoms with Crippen molar-refractivity contribution >= 4 is 0 Å². The molecule has 1 nitrogen and oxygen atoms in total. The van der Waals surface area contributed by atoms with E-state index in [1.54, 1.807) is 0 Å². The van der Waals surface area contributed by atoms with Gasteiger partial charge in [0.1, 0.15) is 0 Å². The van der Waals surface area contributed by atoms with Crippen molar-refractivity contribution in [3.8, 4) is 11.8 Å². The fourth-order valence-corrected chi connectivity index (χ4v) is 3.34. The van der Waals surface area contributed by atoms with Gasteiger partial charge in [-0.1, -0.05) is 36.5 Å². The normalized spacial score (nSPS) is 30.0. The van der Waals surface area contributed by atoms with Gasteiger partial charge < -0.3 is 5.32 Å². The van der Waals surface area contributed by atoms with Crippen LogP contribution >= 0.6 is 0 Å². The minimum atomic E-state index is 0.749. The first-order chi connectivity index (χ1) is 8.42. The number of benzene rings is 1. The maximum atomic E-state index is 3.61. The largest absolute Gasteiger partial charge is 0.303 e. The van der Waals surface area contributed by atoms with Crippen LogP contribution in [0.2, 0.25) is 0 Å². The number of rotatable bonds is 2. The minimum absolute atomic E-state index is 0.749. The average Bonchev–Trinajstić information content (AvgIpc) is 2.98. The highest BCUT2D eigenvalue weighted by molar-refractivity contribution is 5.33. The molecule has 0 aliphatic heterocycles. The molecule has 0 spiro atoms. The molecule has 0 amide bonds. The van der Waals surface area contributed by atoms with Crippen LogP contribution in [0.5, 0.6) is 0 Å². The van der Waals surface area contributed by atoms with Gasteiger partial charge in [0.15, 0.2) is 0 Å². The van der Waals surface area contributed by atoms with E-state index >= 15 is 0 Å². The molecule has 2 aliphatic carbocycles. The molecule has 2 fully saturated rings. The molecule has 0 radical (unpaired) electrons. The van der Waals surface area contributed by atoms with E-state index < -0.39 is 0 Å². The fraction of sp³-hybridized carbons (Fsp3) is 0.500. The van der Waals surface area contributed by atoms with Gasteiger partial charge in [-0.3, -0.25) is 0 Å². The monoisotopic (exact) mass is 225 g/mol. The molecule has 1 heteroatoms. The lowest BCUT2D eigenvalue weighted by Gasteiger charge is -2.21. The molecule has 17 heavy (non-hydrogen) atoms. The first kappa shape index (κ1) is 10.9. The standard InChI is InChI=1S/C16H19N/c1-2-5-13(6-3-1)7-4-10-17-16-12-14-8-9-15(16)11-14/h1-3,5-6,14-17H,8-12H2. The molecule has 3 atom stereocenters. The van der Waals surface area contributed by atoms with Crippen LogP contribution in [0.25, 0.3) is 0 Å². The van der Waals surface area contributed by atoms with Crippen LogP contribution in [0.3, 0.4) is 0 Å². The molecule has 0 aromatic heterocycles. The van der Waals surface area contributed by atoms with Crippen molar-refractivity contribution in [3.63, 3.8) is 0 Å². The Labute approximate surface area is 104 Å². The highest BCUT2D eigenvalue weighted by Crippen LogP contribution is 2.44. The summed E-state index contributed by atoms with van der Waals surface area (Å²) in [5.41, 5.74) is 1.11. The van der Waals surface area contributed by atoms with E-state index in [0.717, 1.165) is 30.0 Å². The Kier molecular flexibility index (Phi) is 3.16. The van der Waals surface area contributed by atoms with Crippen molar-refractivity contribution in [2.45, 2.75) is 31.7 Å². The number of hydrogen-bond donors (Lipinski definition) is 1. The molecule has 3 unspecified atom stereocenters. The maximum absolute atomic E-state index is 3.61. The quantitative estimate of drug-likeness (QED) is 0.763. The predicted octanol–water partition coefficient (Wildman–Crippen LogP) is 2.82. The number of hydrogen-bond acceptors (Lipinski definition) is 1. The second kappa shape index (κ2) is 4.94. The van der Waals surface area contributed by atoms with E-state index in [-0.39, 0.29) is 0 Å². The Balaban J connectivity index is 1.48. The van der Waals surface area contributed by atoms with Crippen LogP contribution in [-0.2, 0) is 0 Å². The molecule has 1 N–H and O–H groups in total. The van der Waals surface area contributed by atoms with Gasteiger partial charge in [0.05, 0.1) is 6.54 Å². The Hall–Kier alpha value is -1.26. The summed E-state index contributed by atoms with van der Waals surface area (Å²) in [6.07, 6.45) is 5.76. The zero-order chi connectivity index (χ0) is 11.5. The summed E-state index contributed by atoms with van der Waals surface area (Å²) in [5, 5.41) is 3.61. The first-order valence-corrected chi connectivity index (χ1v) is 6.69. The van der Waals surface area contributed by atoms with Crippen LogP contribution in [0.15, 0.2) is 30.3 Å². The fourth-order valence-electron chi connectivity index (χ4n) is 3.34. The summed E-state index contributed by atoms with van der Waals surface area (Å²) in [5.74, 6) is 8.38. The highest BCUT2D eigenvalue weighted by Gasteiger charge is 2.38. The predicted molar refractivity (Wildman–Crippen MR) is 70.6 cm³/mol. The minimum Gasteiger partial charge on any atom is -0.303 e. The molecule has 88 valence electrons. The van der Waals surface area contributed by atoms with Crippen LogP contribution in [0.1, 0.15) is 31.2 Å². The summed E-state index contributed by atoms with van der Waals surface area (Å²) in [4.78, 5) is 0. The lowest BCUT2D eigenvalue weighted by Crippen LogP contribution is -2.34. The summed E-state index contributed by atoms with van der Waals surface area (Å²) in [7, 11) is 0. The van der Waals surface area contributed by atoms with Crippen molar-refractivity contribution in [2.24, 2.45) is 11.8 Å². The molecule has 1 aromatic rings. The maximum Gasteiger partial charge on any atom is 0.0582 e. The molecule has 2 bridgehead atoms. The van der Waals surface area contributed by atoms with Crippen molar-refractivity contribution in [1.82, 2.24) is 5.32 Å². The van der Waals surface area contributed by atoms with Gasteiger partial charge in [0, 0.05) is 11.6 Å². The van der Waals surface area contributed by atoms with E-state index in [1.807, 2.05) is 18.2 Å². The zero-order valence-electron chi connectivity index (χ0n) is 10.2. The SMILES string of the molecule is C(#Cc1ccccc1)CNC1CC2CCC1C2. The summed E-state index contributed by atoms with van der Waals surface area (Å²) in [6, 6.07) is 11.0. The van der Waals surface area contributed by atoms with Crippen molar-refractivity contribution in [2.75, 3.05) is 6.54 Å². The Morgan fingerprint density at radius 3 is 2.71 bits per heavy atom. The van der Waals surface area contributed by atoms with E-state index in [4.69, 9.17) is 0 Å². The second-order valence-electron chi connectivity index (χ2n) is 5.33. The third kappa shape index (κ3) is 2.53. The van der Waals surface area contributed by atoms with Crippen LogP contribution in [0, 0.1) is 23.7 Å². The van der Waals surface area contributed by atoms with Crippen molar-refractivity contribution in [1.29, 1.82) is 0 Å². The van der Waals surface area contributed by atoms with Gasteiger partial charge in [0.25, 0.3) is 0 Å². The zero-order valence-corrected chi connectivity index (χ0v) is 10.2. The Morgan fingerprint density at radius 2 is 2.00 bits per heavy atom. The molecular weight excluding hydrogens is 206 g/mol. The van der Waals surface area contributed by atoms with E-state index in [2.05, 4.69) is 29.3 Å². The molecule has 2 aliphatic rings. The molecule has 0 heterocycles. The van der Waals surface area contributed by atoms with Gasteiger partial charge in [0.2, 0.25) is 0 Å². The first-order valence-electron chi connectivity index (χ1n) is 6.69. The lowest BCUT2D eigenvalue weighted by molar-refractivity contribution is 0.364. The Morgan fingerprint density at radius 1 is 1.12 bits per heavy atom.